The molecular formula is C16H15N3O2S. The summed E-state index contributed by atoms with van der Waals surface area (Å²) < 4.78 is 5.16. The molecule has 1 aliphatic rings. The molecule has 0 aliphatic carbocycles. The lowest BCUT2D eigenvalue weighted by Crippen LogP contribution is -2.30. The number of carbonyl (C=O) groups is 1. The predicted octanol–water partition coefficient (Wildman–Crippen LogP) is 3.13. The molecule has 1 aliphatic heterocycles. The highest BCUT2D eigenvalue weighted by atomic mass is 32.2. The van der Waals surface area contributed by atoms with E-state index in [0.29, 0.717) is 17.5 Å². The Kier molecular flexibility index (Phi) is 4.39. The minimum atomic E-state index is -0.138. The Morgan fingerprint density at radius 3 is 2.82 bits per heavy atom. The van der Waals surface area contributed by atoms with Gasteiger partial charge in [-0.05, 0) is 24.6 Å². The smallest absolute Gasteiger partial charge is 0.242 e. The molecule has 0 bridgehead atoms. The largest absolute Gasteiger partial charge is 0.463 e. The van der Waals surface area contributed by atoms with Crippen molar-refractivity contribution < 1.29 is 9.21 Å². The van der Waals surface area contributed by atoms with Crippen LogP contribution in [0.2, 0.25) is 0 Å². The van der Waals surface area contributed by atoms with Gasteiger partial charge in [-0.15, -0.1) is 5.10 Å². The average Bonchev–Trinajstić information content (AvgIpc) is 3.13. The highest BCUT2D eigenvalue weighted by molar-refractivity contribution is 8.15. The quantitative estimate of drug-likeness (QED) is 0.643. The molecule has 1 atom stereocenters. The summed E-state index contributed by atoms with van der Waals surface area (Å²) in [6.45, 7) is 2.38. The van der Waals surface area contributed by atoms with Gasteiger partial charge in [0.25, 0.3) is 0 Å². The second kappa shape index (κ2) is 6.62. The first kappa shape index (κ1) is 14.6. The van der Waals surface area contributed by atoms with Crippen LogP contribution < -0.4 is 0 Å². The molecule has 1 fully saturated rings. The van der Waals surface area contributed by atoms with Crippen LogP contribution in [0.3, 0.4) is 0 Å². The number of hydrogen-bond acceptors (Lipinski definition) is 5. The molecule has 0 N–H and O–H groups in total. The van der Waals surface area contributed by atoms with Crippen LogP contribution in [0.15, 0.2) is 63.3 Å². The van der Waals surface area contributed by atoms with E-state index >= 15 is 0 Å². The van der Waals surface area contributed by atoms with Crippen LogP contribution in [-0.4, -0.2) is 27.4 Å². The molecule has 1 saturated heterocycles. The van der Waals surface area contributed by atoms with Crippen LogP contribution in [-0.2, 0) is 11.3 Å². The Labute approximate surface area is 132 Å². The zero-order valence-corrected chi connectivity index (χ0v) is 12.9. The third-order valence-electron chi connectivity index (χ3n) is 3.18. The highest BCUT2D eigenvalue weighted by Crippen LogP contribution is 2.28. The standard InChI is InChI=1S/C16H15N3O2S/c1-12-15(20)19(11-13-6-3-2-4-7-13)16(22-12)18-17-10-14-8-5-9-21-14/h2-10,12H,11H2,1H3/b17-10-,18-16-/t12-/m1/s1. The van der Waals surface area contributed by atoms with Crippen molar-refractivity contribution >= 4 is 29.1 Å². The van der Waals surface area contributed by atoms with Gasteiger partial charge in [0, 0.05) is 0 Å². The molecule has 0 spiro atoms. The van der Waals surface area contributed by atoms with Crippen molar-refractivity contribution in [3.8, 4) is 0 Å². The van der Waals surface area contributed by atoms with E-state index < -0.39 is 0 Å². The maximum absolute atomic E-state index is 12.3. The summed E-state index contributed by atoms with van der Waals surface area (Å²) in [6.07, 6.45) is 3.11. The number of rotatable bonds is 4. The molecule has 1 aromatic carbocycles. The number of thioether (sulfide) groups is 1. The van der Waals surface area contributed by atoms with Crippen molar-refractivity contribution in [3.05, 3.63) is 60.1 Å². The first-order chi connectivity index (χ1) is 10.7. The second-order valence-corrected chi connectivity index (χ2v) is 6.12. The summed E-state index contributed by atoms with van der Waals surface area (Å²) in [5.74, 6) is 0.683. The van der Waals surface area contributed by atoms with Gasteiger partial charge >= 0.3 is 0 Å². The zero-order valence-electron chi connectivity index (χ0n) is 12.0. The Hall–Kier alpha value is -2.34. The fourth-order valence-electron chi connectivity index (χ4n) is 2.07. The summed E-state index contributed by atoms with van der Waals surface area (Å²) in [5.41, 5.74) is 1.06. The molecule has 0 radical (unpaired) electrons. The lowest BCUT2D eigenvalue weighted by Gasteiger charge is -2.15. The highest BCUT2D eigenvalue weighted by Gasteiger charge is 2.35. The normalized spacial score (nSPS) is 20.4. The van der Waals surface area contributed by atoms with Crippen LogP contribution in [0.25, 0.3) is 0 Å². The zero-order chi connectivity index (χ0) is 15.4. The average molecular weight is 313 g/mol. The van der Waals surface area contributed by atoms with Crippen molar-refractivity contribution in [2.75, 3.05) is 0 Å². The van der Waals surface area contributed by atoms with Crippen molar-refractivity contribution in [2.45, 2.75) is 18.7 Å². The summed E-state index contributed by atoms with van der Waals surface area (Å²) in [6, 6.07) is 13.4. The lowest BCUT2D eigenvalue weighted by atomic mass is 10.2. The van der Waals surface area contributed by atoms with Gasteiger partial charge in [0.2, 0.25) is 5.91 Å². The van der Waals surface area contributed by atoms with E-state index in [2.05, 4.69) is 10.2 Å². The van der Waals surface area contributed by atoms with Gasteiger partial charge in [-0.2, -0.15) is 5.10 Å². The van der Waals surface area contributed by atoms with Gasteiger partial charge in [-0.3, -0.25) is 9.69 Å². The third-order valence-corrected chi connectivity index (χ3v) is 4.25. The first-order valence-electron chi connectivity index (χ1n) is 6.90. The van der Waals surface area contributed by atoms with Gasteiger partial charge in [-0.25, -0.2) is 0 Å². The number of hydrogen-bond donors (Lipinski definition) is 0. The van der Waals surface area contributed by atoms with E-state index in [0.717, 1.165) is 5.56 Å². The van der Waals surface area contributed by atoms with Crippen molar-refractivity contribution in [2.24, 2.45) is 10.2 Å². The monoisotopic (exact) mass is 313 g/mol. The molecule has 1 aromatic heterocycles. The van der Waals surface area contributed by atoms with Gasteiger partial charge < -0.3 is 4.42 Å². The topological polar surface area (TPSA) is 58.2 Å². The van der Waals surface area contributed by atoms with E-state index in [1.807, 2.05) is 37.3 Å². The molecule has 112 valence electrons. The minimum Gasteiger partial charge on any atom is -0.463 e. The van der Waals surface area contributed by atoms with Gasteiger partial charge in [0.1, 0.15) is 5.76 Å². The number of nitrogens with zero attached hydrogens (tertiary/aromatic N) is 3. The SMILES string of the molecule is C[C@H]1S/C(=N\N=C/c2ccco2)N(Cc2ccccc2)C1=O. The molecule has 2 heterocycles. The van der Waals surface area contributed by atoms with E-state index in [-0.39, 0.29) is 11.2 Å². The molecule has 1 amide bonds. The summed E-state index contributed by atoms with van der Waals surface area (Å²) in [7, 11) is 0. The molecule has 0 unspecified atom stereocenters. The van der Waals surface area contributed by atoms with Gasteiger partial charge in [0.05, 0.1) is 24.3 Å². The Morgan fingerprint density at radius 2 is 2.09 bits per heavy atom. The van der Waals surface area contributed by atoms with E-state index in [4.69, 9.17) is 4.42 Å². The predicted molar refractivity (Wildman–Crippen MR) is 87.8 cm³/mol. The number of carbonyl (C=O) groups excluding carboxylic acids is 1. The minimum absolute atomic E-state index is 0.0563. The van der Waals surface area contributed by atoms with Crippen molar-refractivity contribution in [3.63, 3.8) is 0 Å². The summed E-state index contributed by atoms with van der Waals surface area (Å²) in [4.78, 5) is 13.9. The van der Waals surface area contributed by atoms with E-state index in [1.165, 1.54) is 18.0 Å². The number of amidine groups is 1. The van der Waals surface area contributed by atoms with Gasteiger partial charge in [-0.1, -0.05) is 42.1 Å². The Balaban J connectivity index is 1.77. The molecule has 5 nitrogen and oxygen atoms in total. The molecule has 3 rings (SSSR count). The van der Waals surface area contributed by atoms with E-state index in [1.54, 1.807) is 23.3 Å². The Bertz CT molecular complexity index is 695. The number of benzene rings is 1. The molecule has 6 heteroatoms. The van der Waals surface area contributed by atoms with Crippen LogP contribution in [0.5, 0.6) is 0 Å². The molecule has 0 saturated carbocycles. The fourth-order valence-corrected chi connectivity index (χ4v) is 3.00. The van der Waals surface area contributed by atoms with Crippen LogP contribution in [0.4, 0.5) is 0 Å². The molecule has 2 aromatic rings. The summed E-state index contributed by atoms with van der Waals surface area (Å²) >= 11 is 1.42. The van der Waals surface area contributed by atoms with Crippen LogP contribution in [0.1, 0.15) is 18.2 Å². The number of furan rings is 1. The third kappa shape index (κ3) is 3.28. The maximum Gasteiger partial charge on any atom is 0.242 e. The molecule has 22 heavy (non-hydrogen) atoms. The first-order valence-corrected chi connectivity index (χ1v) is 7.78. The van der Waals surface area contributed by atoms with Crippen LogP contribution >= 0.6 is 11.8 Å². The maximum atomic E-state index is 12.3. The van der Waals surface area contributed by atoms with Crippen molar-refractivity contribution in [1.29, 1.82) is 0 Å². The van der Waals surface area contributed by atoms with Crippen LogP contribution in [0, 0.1) is 0 Å². The van der Waals surface area contributed by atoms with E-state index in [9.17, 15) is 4.79 Å². The lowest BCUT2D eigenvalue weighted by molar-refractivity contribution is -0.126. The second-order valence-electron chi connectivity index (χ2n) is 4.81. The van der Waals surface area contributed by atoms with Crippen molar-refractivity contribution in [1.82, 2.24) is 4.90 Å². The molecular weight excluding hydrogens is 298 g/mol. The fraction of sp³-hybridized carbons (Fsp3) is 0.188. The summed E-state index contributed by atoms with van der Waals surface area (Å²) in [5, 5.41) is 8.66. The number of amides is 1. The Morgan fingerprint density at radius 1 is 1.27 bits per heavy atom. The van der Waals surface area contributed by atoms with Gasteiger partial charge in [0.15, 0.2) is 5.17 Å².